The van der Waals surface area contributed by atoms with Gasteiger partial charge >= 0.3 is 11.9 Å². The van der Waals surface area contributed by atoms with E-state index in [1.165, 1.54) is 0 Å². The summed E-state index contributed by atoms with van der Waals surface area (Å²) in [7, 11) is 0. The number of carbonyl (C=O) groups excluding carboxylic acids is 3. The highest BCUT2D eigenvalue weighted by Gasteiger charge is 2.49. The number of rotatable bonds is 2. The average Bonchev–Trinajstić information content (AvgIpc) is 2.79. The van der Waals surface area contributed by atoms with Crippen molar-refractivity contribution in [1.29, 1.82) is 0 Å². The molecule has 0 aromatic carbocycles. The number of ether oxygens (including phenoxy) is 2. The van der Waals surface area contributed by atoms with Crippen LogP contribution in [0.25, 0.3) is 0 Å². The Bertz CT molecular complexity index is 611. The van der Waals surface area contributed by atoms with Crippen molar-refractivity contribution >= 4 is 40.3 Å². The van der Waals surface area contributed by atoms with Crippen LogP contribution in [0.4, 0.5) is 0 Å². The summed E-state index contributed by atoms with van der Waals surface area (Å²) in [6, 6.07) is 0. The molecular weight excluding hydrogens is 451 g/mol. The lowest BCUT2D eigenvalue weighted by molar-refractivity contribution is -0.158. The Labute approximate surface area is 167 Å². The van der Waals surface area contributed by atoms with Gasteiger partial charge in [-0.3, -0.25) is 9.59 Å². The molecule has 1 N–H and O–H groups in total. The Morgan fingerprint density at radius 2 is 2.04 bits per heavy atom. The van der Waals surface area contributed by atoms with Crippen LogP contribution in [0.2, 0.25) is 0 Å². The van der Waals surface area contributed by atoms with Gasteiger partial charge < -0.3 is 14.6 Å². The van der Waals surface area contributed by atoms with Gasteiger partial charge in [0.15, 0.2) is 0 Å². The molecule has 2 rings (SSSR count). The Kier molecular flexibility index (Phi) is 6.53. The number of carbonyl (C=O) groups is 3. The lowest BCUT2D eigenvalue weighted by Gasteiger charge is -2.37. The lowest BCUT2D eigenvalue weighted by Crippen LogP contribution is -2.46. The minimum Gasteiger partial charge on any atom is -0.461 e. The van der Waals surface area contributed by atoms with Crippen LogP contribution >= 0.6 is 22.6 Å². The fourth-order valence-corrected chi connectivity index (χ4v) is 4.10. The summed E-state index contributed by atoms with van der Waals surface area (Å²) in [5.41, 5.74) is 0.262. The lowest BCUT2D eigenvalue weighted by atomic mass is 9.78. The average molecular weight is 478 g/mol. The molecule has 146 valence electrons. The standard InChI is InChI=1S/C19H27IO6/c1-9(2)17(23)26-14-8-19(5,20)15(22)7-12(21)10(3)6-13-16(14)11(4)18(24)25-13/h9-10,13-16,22H,4,6-8H2,1-3,5H3/t10-,13+,14+,15-,16?,19?/m0/s1. The van der Waals surface area contributed by atoms with Gasteiger partial charge in [-0.15, -0.1) is 0 Å². The van der Waals surface area contributed by atoms with E-state index in [1.807, 2.05) is 6.92 Å². The first-order chi connectivity index (χ1) is 11.9. The summed E-state index contributed by atoms with van der Waals surface area (Å²) in [4.78, 5) is 36.8. The number of aliphatic hydroxyl groups excluding tert-OH is 1. The van der Waals surface area contributed by atoms with Crippen molar-refractivity contribution < 1.29 is 29.0 Å². The highest BCUT2D eigenvalue weighted by atomic mass is 127. The number of Topliss-reactive ketones (excluding diaryl/α,β-unsaturated/α-hetero) is 1. The molecule has 0 radical (unpaired) electrons. The molecular formula is C19H27IO6. The second-order valence-electron chi connectivity index (χ2n) is 7.93. The van der Waals surface area contributed by atoms with E-state index in [2.05, 4.69) is 29.2 Å². The van der Waals surface area contributed by atoms with Crippen molar-refractivity contribution in [2.45, 2.75) is 68.7 Å². The van der Waals surface area contributed by atoms with Crippen LogP contribution in [0.3, 0.4) is 0 Å². The molecule has 2 aliphatic rings. The highest BCUT2D eigenvalue weighted by Crippen LogP contribution is 2.42. The summed E-state index contributed by atoms with van der Waals surface area (Å²) in [5, 5.41) is 10.6. The van der Waals surface area contributed by atoms with Crippen LogP contribution in [-0.4, -0.2) is 44.6 Å². The van der Waals surface area contributed by atoms with E-state index in [4.69, 9.17) is 9.47 Å². The molecule has 6 atom stereocenters. The van der Waals surface area contributed by atoms with Crippen molar-refractivity contribution in [2.24, 2.45) is 17.8 Å². The number of aliphatic hydroxyl groups is 1. The molecule has 0 spiro atoms. The smallest absolute Gasteiger partial charge is 0.334 e. The first kappa shape index (κ1) is 21.3. The van der Waals surface area contributed by atoms with Crippen molar-refractivity contribution in [3.63, 3.8) is 0 Å². The van der Waals surface area contributed by atoms with Gasteiger partial charge in [0.25, 0.3) is 0 Å². The molecule has 1 heterocycles. The maximum Gasteiger partial charge on any atom is 0.334 e. The van der Waals surface area contributed by atoms with Gasteiger partial charge in [-0.2, -0.15) is 0 Å². The van der Waals surface area contributed by atoms with Crippen molar-refractivity contribution in [3.05, 3.63) is 12.2 Å². The predicted molar refractivity (Wildman–Crippen MR) is 104 cm³/mol. The topological polar surface area (TPSA) is 89.9 Å². The molecule has 26 heavy (non-hydrogen) atoms. The zero-order valence-corrected chi connectivity index (χ0v) is 17.8. The first-order valence-corrected chi connectivity index (χ1v) is 10.0. The maximum absolute atomic E-state index is 12.4. The zero-order valence-electron chi connectivity index (χ0n) is 15.7. The first-order valence-electron chi connectivity index (χ1n) is 8.94. The fraction of sp³-hybridized carbons (Fsp3) is 0.737. The third-order valence-corrected chi connectivity index (χ3v) is 6.45. The van der Waals surface area contributed by atoms with Crippen molar-refractivity contribution in [3.8, 4) is 0 Å². The van der Waals surface area contributed by atoms with E-state index in [0.29, 0.717) is 12.8 Å². The summed E-state index contributed by atoms with van der Waals surface area (Å²) in [6.07, 6.45) is -1.42. The monoisotopic (exact) mass is 478 g/mol. The van der Waals surface area contributed by atoms with Gasteiger partial charge in [-0.25, -0.2) is 4.79 Å². The quantitative estimate of drug-likeness (QED) is 0.284. The van der Waals surface area contributed by atoms with Crippen LogP contribution in [0.5, 0.6) is 0 Å². The molecule has 0 aromatic rings. The number of esters is 2. The van der Waals surface area contributed by atoms with Gasteiger partial charge in [0.1, 0.15) is 18.0 Å². The van der Waals surface area contributed by atoms with Crippen LogP contribution in [0.1, 0.15) is 47.0 Å². The Morgan fingerprint density at radius 1 is 1.42 bits per heavy atom. The summed E-state index contributed by atoms with van der Waals surface area (Å²) in [6.45, 7) is 10.9. The third-order valence-electron chi connectivity index (χ3n) is 5.29. The van der Waals surface area contributed by atoms with E-state index in [1.54, 1.807) is 20.8 Å². The fourth-order valence-electron chi connectivity index (χ4n) is 3.45. The number of alkyl halides is 1. The van der Waals surface area contributed by atoms with E-state index in [-0.39, 0.29) is 35.6 Å². The summed E-state index contributed by atoms with van der Waals surface area (Å²) >= 11 is 2.10. The third kappa shape index (κ3) is 4.47. The molecule has 7 heteroatoms. The zero-order chi connectivity index (χ0) is 19.8. The van der Waals surface area contributed by atoms with Crippen molar-refractivity contribution in [1.82, 2.24) is 0 Å². The number of hydrogen-bond donors (Lipinski definition) is 1. The van der Waals surface area contributed by atoms with Crippen LogP contribution < -0.4 is 0 Å². The molecule has 1 saturated carbocycles. The summed E-state index contributed by atoms with van der Waals surface area (Å²) in [5.74, 6) is -2.15. The summed E-state index contributed by atoms with van der Waals surface area (Å²) < 4.78 is 10.5. The van der Waals surface area contributed by atoms with Gasteiger partial charge in [0, 0.05) is 27.8 Å². The maximum atomic E-state index is 12.4. The number of ketones is 1. The Hall–Kier alpha value is -0.960. The number of hydrogen-bond acceptors (Lipinski definition) is 6. The van der Waals surface area contributed by atoms with Gasteiger partial charge in [-0.05, 0) is 13.3 Å². The molecule has 0 amide bonds. The van der Waals surface area contributed by atoms with E-state index < -0.39 is 33.6 Å². The molecule has 1 aliphatic carbocycles. The van der Waals surface area contributed by atoms with E-state index in [0.717, 1.165) is 0 Å². The Morgan fingerprint density at radius 3 is 2.62 bits per heavy atom. The largest absolute Gasteiger partial charge is 0.461 e. The molecule has 0 bridgehead atoms. The van der Waals surface area contributed by atoms with Gasteiger partial charge in [-0.1, -0.05) is 49.9 Å². The molecule has 0 aromatic heterocycles. The minimum atomic E-state index is -0.874. The minimum absolute atomic E-state index is 0.0255. The Balaban J connectivity index is 2.43. The SMILES string of the molecule is C=C1C(=O)O[C@@H]2C[C@H](C)C(=O)C[C@H](O)C(C)(I)C[C@@H](OC(=O)C(C)C)C12. The second-order valence-corrected chi connectivity index (χ2v) is 10.4. The van der Waals surface area contributed by atoms with Crippen LogP contribution in [0, 0.1) is 17.8 Å². The molecule has 6 nitrogen and oxygen atoms in total. The number of halogens is 1. The molecule has 2 unspecified atom stereocenters. The van der Waals surface area contributed by atoms with E-state index in [9.17, 15) is 19.5 Å². The van der Waals surface area contributed by atoms with Crippen molar-refractivity contribution in [2.75, 3.05) is 0 Å². The molecule has 2 fully saturated rings. The van der Waals surface area contributed by atoms with Crippen LogP contribution in [0.15, 0.2) is 12.2 Å². The van der Waals surface area contributed by atoms with E-state index >= 15 is 0 Å². The number of fused-ring (bicyclic) bond motifs is 1. The second kappa shape index (κ2) is 7.96. The van der Waals surface area contributed by atoms with Gasteiger partial charge in [0.05, 0.1) is 17.9 Å². The predicted octanol–water partition coefficient (Wildman–Crippen LogP) is 2.60. The normalized spacial score (nSPS) is 38.7. The molecule has 1 aliphatic heterocycles. The molecule has 1 saturated heterocycles. The van der Waals surface area contributed by atoms with Gasteiger partial charge in [0.2, 0.25) is 0 Å². The van der Waals surface area contributed by atoms with Crippen LogP contribution in [-0.2, 0) is 23.9 Å². The highest BCUT2D eigenvalue weighted by molar-refractivity contribution is 14.1.